The monoisotopic (exact) mass is 278 g/mol. The summed E-state index contributed by atoms with van der Waals surface area (Å²) in [5.74, 6) is 0.370. The summed E-state index contributed by atoms with van der Waals surface area (Å²) in [6.07, 6.45) is 3.09. The predicted octanol–water partition coefficient (Wildman–Crippen LogP) is 3.86. The lowest BCUT2D eigenvalue weighted by Gasteiger charge is -2.08. The largest absolute Gasteiger partial charge is 0.460 e. The molecule has 0 radical (unpaired) electrons. The highest BCUT2D eigenvalue weighted by Gasteiger charge is 2.07. The van der Waals surface area contributed by atoms with Crippen LogP contribution in [0.5, 0.6) is 0 Å². The van der Waals surface area contributed by atoms with E-state index in [-0.39, 0.29) is 5.97 Å². The average molecular weight is 278 g/mol. The molecule has 112 valence electrons. The van der Waals surface area contributed by atoms with Gasteiger partial charge in [0.2, 0.25) is 0 Å². The van der Waals surface area contributed by atoms with E-state index in [4.69, 9.17) is 9.47 Å². The van der Waals surface area contributed by atoms with Crippen molar-refractivity contribution < 1.29 is 14.3 Å². The van der Waals surface area contributed by atoms with Crippen LogP contribution in [0, 0.1) is 5.92 Å². The third-order valence-electron chi connectivity index (χ3n) is 3.00. The maximum absolute atomic E-state index is 11.9. The molecular formula is C17H26O3. The molecule has 1 aromatic rings. The quantitative estimate of drug-likeness (QED) is 0.508. The highest BCUT2D eigenvalue weighted by molar-refractivity contribution is 5.89. The fraction of sp³-hybridized carbons (Fsp3) is 0.588. The SMILES string of the molecule is CCCc1cccc(C(=O)OCCOCCC(C)C)c1. The van der Waals surface area contributed by atoms with Gasteiger partial charge in [-0.15, -0.1) is 0 Å². The topological polar surface area (TPSA) is 35.5 Å². The zero-order chi connectivity index (χ0) is 14.8. The van der Waals surface area contributed by atoms with Gasteiger partial charge in [0.15, 0.2) is 0 Å². The lowest BCUT2D eigenvalue weighted by atomic mass is 10.1. The van der Waals surface area contributed by atoms with Crippen LogP contribution in [0.4, 0.5) is 0 Å². The van der Waals surface area contributed by atoms with Crippen molar-refractivity contribution in [2.24, 2.45) is 5.92 Å². The van der Waals surface area contributed by atoms with Gasteiger partial charge in [-0.3, -0.25) is 0 Å². The number of rotatable bonds is 9. The molecule has 0 fully saturated rings. The molecule has 0 saturated heterocycles. The molecule has 0 bridgehead atoms. The van der Waals surface area contributed by atoms with Crippen molar-refractivity contribution in [1.82, 2.24) is 0 Å². The van der Waals surface area contributed by atoms with E-state index in [0.29, 0.717) is 24.7 Å². The van der Waals surface area contributed by atoms with Crippen molar-refractivity contribution in [3.63, 3.8) is 0 Å². The second-order valence-corrected chi connectivity index (χ2v) is 5.38. The summed E-state index contributed by atoms with van der Waals surface area (Å²) >= 11 is 0. The molecule has 0 aliphatic rings. The number of hydrogen-bond donors (Lipinski definition) is 0. The van der Waals surface area contributed by atoms with Gasteiger partial charge >= 0.3 is 5.97 Å². The Morgan fingerprint density at radius 3 is 2.70 bits per heavy atom. The summed E-state index contributed by atoms with van der Waals surface area (Å²) in [5, 5.41) is 0. The van der Waals surface area contributed by atoms with E-state index in [2.05, 4.69) is 20.8 Å². The summed E-state index contributed by atoms with van der Waals surface area (Å²) < 4.78 is 10.6. The number of ether oxygens (including phenoxy) is 2. The first-order valence-corrected chi connectivity index (χ1v) is 7.47. The summed E-state index contributed by atoms with van der Waals surface area (Å²) in [6, 6.07) is 7.64. The molecule has 3 nitrogen and oxygen atoms in total. The van der Waals surface area contributed by atoms with Crippen LogP contribution < -0.4 is 0 Å². The zero-order valence-corrected chi connectivity index (χ0v) is 12.9. The fourth-order valence-corrected chi connectivity index (χ4v) is 1.84. The molecule has 0 spiro atoms. The molecule has 0 aliphatic carbocycles. The molecule has 1 aromatic carbocycles. The Hall–Kier alpha value is -1.35. The van der Waals surface area contributed by atoms with Gasteiger partial charge in [-0.2, -0.15) is 0 Å². The number of esters is 1. The molecule has 1 rings (SSSR count). The highest BCUT2D eigenvalue weighted by Crippen LogP contribution is 2.09. The second-order valence-electron chi connectivity index (χ2n) is 5.38. The van der Waals surface area contributed by atoms with Gasteiger partial charge in [0, 0.05) is 6.61 Å². The lowest BCUT2D eigenvalue weighted by Crippen LogP contribution is -2.12. The minimum absolute atomic E-state index is 0.268. The summed E-state index contributed by atoms with van der Waals surface area (Å²) in [5.41, 5.74) is 1.80. The van der Waals surface area contributed by atoms with E-state index in [1.54, 1.807) is 6.07 Å². The number of aryl methyl sites for hydroxylation is 1. The van der Waals surface area contributed by atoms with Crippen LogP contribution in [0.15, 0.2) is 24.3 Å². The third-order valence-corrected chi connectivity index (χ3v) is 3.00. The van der Waals surface area contributed by atoms with Gasteiger partial charge in [0.25, 0.3) is 0 Å². The van der Waals surface area contributed by atoms with E-state index in [9.17, 15) is 4.79 Å². The summed E-state index contributed by atoms with van der Waals surface area (Å²) in [6.45, 7) is 7.95. The Bertz CT molecular complexity index is 399. The Balaban J connectivity index is 2.27. The lowest BCUT2D eigenvalue weighted by molar-refractivity contribution is 0.0303. The molecule has 0 atom stereocenters. The van der Waals surface area contributed by atoms with Gasteiger partial charge in [-0.25, -0.2) is 4.79 Å². The molecular weight excluding hydrogens is 252 g/mol. The van der Waals surface area contributed by atoms with Crippen LogP contribution in [-0.4, -0.2) is 25.8 Å². The maximum atomic E-state index is 11.9. The van der Waals surface area contributed by atoms with E-state index in [1.165, 1.54) is 5.56 Å². The minimum atomic E-state index is -0.268. The molecule has 0 amide bonds. The van der Waals surface area contributed by atoms with Gasteiger partial charge in [-0.1, -0.05) is 39.3 Å². The summed E-state index contributed by atoms with van der Waals surface area (Å²) in [4.78, 5) is 11.9. The van der Waals surface area contributed by atoms with E-state index in [1.807, 2.05) is 18.2 Å². The van der Waals surface area contributed by atoms with Crippen LogP contribution in [0.25, 0.3) is 0 Å². The first-order chi connectivity index (χ1) is 9.63. The Kier molecular flexibility index (Phi) is 7.97. The highest BCUT2D eigenvalue weighted by atomic mass is 16.6. The normalized spacial score (nSPS) is 10.8. The van der Waals surface area contributed by atoms with Crippen LogP contribution in [-0.2, 0) is 15.9 Å². The van der Waals surface area contributed by atoms with E-state index in [0.717, 1.165) is 25.9 Å². The van der Waals surface area contributed by atoms with Crippen LogP contribution in [0.1, 0.15) is 49.5 Å². The number of hydrogen-bond acceptors (Lipinski definition) is 3. The van der Waals surface area contributed by atoms with Crippen LogP contribution >= 0.6 is 0 Å². The molecule has 0 aromatic heterocycles. The van der Waals surface area contributed by atoms with Gasteiger partial charge in [0.1, 0.15) is 6.61 Å². The van der Waals surface area contributed by atoms with Crippen molar-refractivity contribution in [1.29, 1.82) is 0 Å². The van der Waals surface area contributed by atoms with Gasteiger partial charge in [0.05, 0.1) is 12.2 Å². The molecule has 0 saturated carbocycles. The van der Waals surface area contributed by atoms with E-state index < -0.39 is 0 Å². The Morgan fingerprint density at radius 2 is 2.00 bits per heavy atom. The van der Waals surface area contributed by atoms with Gasteiger partial charge < -0.3 is 9.47 Å². The first-order valence-electron chi connectivity index (χ1n) is 7.47. The molecule has 3 heteroatoms. The van der Waals surface area contributed by atoms with Crippen LogP contribution in [0.3, 0.4) is 0 Å². The Labute approximate surface area is 122 Å². The number of carbonyl (C=O) groups excluding carboxylic acids is 1. The number of carbonyl (C=O) groups is 1. The van der Waals surface area contributed by atoms with Crippen molar-refractivity contribution in [3.05, 3.63) is 35.4 Å². The smallest absolute Gasteiger partial charge is 0.338 e. The second kappa shape index (κ2) is 9.54. The molecule has 0 aliphatic heterocycles. The fourth-order valence-electron chi connectivity index (χ4n) is 1.84. The van der Waals surface area contributed by atoms with Crippen molar-refractivity contribution in [2.75, 3.05) is 19.8 Å². The van der Waals surface area contributed by atoms with Gasteiger partial charge in [-0.05, 0) is 36.5 Å². The first kappa shape index (κ1) is 16.7. The van der Waals surface area contributed by atoms with E-state index >= 15 is 0 Å². The number of benzene rings is 1. The maximum Gasteiger partial charge on any atom is 0.338 e. The third kappa shape index (κ3) is 6.71. The standard InChI is InChI=1S/C17H26O3/c1-4-6-15-7-5-8-16(13-15)17(18)20-12-11-19-10-9-14(2)3/h5,7-8,13-14H,4,6,9-12H2,1-3H3. The van der Waals surface area contributed by atoms with Crippen molar-refractivity contribution >= 4 is 5.97 Å². The molecule has 0 unspecified atom stereocenters. The van der Waals surface area contributed by atoms with Crippen molar-refractivity contribution in [3.8, 4) is 0 Å². The zero-order valence-electron chi connectivity index (χ0n) is 12.9. The summed E-state index contributed by atoms with van der Waals surface area (Å²) in [7, 11) is 0. The average Bonchev–Trinajstić information content (AvgIpc) is 2.43. The Morgan fingerprint density at radius 1 is 1.20 bits per heavy atom. The molecule has 20 heavy (non-hydrogen) atoms. The molecule has 0 heterocycles. The minimum Gasteiger partial charge on any atom is -0.460 e. The predicted molar refractivity (Wildman–Crippen MR) is 81.0 cm³/mol. The molecule has 0 N–H and O–H groups in total. The van der Waals surface area contributed by atoms with Crippen LogP contribution in [0.2, 0.25) is 0 Å². The van der Waals surface area contributed by atoms with Crippen molar-refractivity contribution in [2.45, 2.75) is 40.0 Å².